The van der Waals surface area contributed by atoms with Gasteiger partial charge in [0.15, 0.2) is 5.84 Å². The highest BCUT2D eigenvalue weighted by atomic mass is 15.2. The first kappa shape index (κ1) is 11.9. The van der Waals surface area contributed by atoms with Crippen molar-refractivity contribution >= 4 is 23.7 Å². The van der Waals surface area contributed by atoms with Crippen LogP contribution in [0.1, 0.15) is 0 Å². The minimum Gasteiger partial charge on any atom is -0.360 e. The van der Waals surface area contributed by atoms with Crippen molar-refractivity contribution in [3.05, 3.63) is 30.3 Å². The van der Waals surface area contributed by atoms with Crippen molar-refractivity contribution in [2.75, 3.05) is 14.1 Å². The molecule has 4 N–H and O–H groups in total. The molecule has 0 saturated carbocycles. The molecule has 0 aliphatic heterocycles. The van der Waals surface area contributed by atoms with Gasteiger partial charge in [0.2, 0.25) is 0 Å². The molecule has 5 nitrogen and oxygen atoms in total. The topological polar surface area (TPSA) is 79.6 Å². The van der Waals surface area contributed by atoms with Crippen molar-refractivity contribution < 1.29 is 5.41 Å². The van der Waals surface area contributed by atoms with Gasteiger partial charge < -0.3 is 10.6 Å². The van der Waals surface area contributed by atoms with Crippen molar-refractivity contribution in [2.24, 2.45) is 15.7 Å². The number of hydrogen-bond donors (Lipinski definition) is 2. The van der Waals surface area contributed by atoms with Crippen molar-refractivity contribution in [3.63, 3.8) is 0 Å². The normalized spacial score (nSPS) is 12.4. The number of aliphatic imine (C=N–C) groups is 2. The summed E-state index contributed by atoms with van der Waals surface area (Å²) in [6, 6.07) is 9.54. The molecule has 0 saturated heterocycles. The van der Waals surface area contributed by atoms with Gasteiger partial charge in [-0.2, -0.15) is 0 Å². The summed E-state index contributed by atoms with van der Waals surface area (Å²) >= 11 is 0. The zero-order chi connectivity index (χ0) is 12.0. The lowest BCUT2D eigenvalue weighted by atomic mass is 10.3. The first-order valence-corrected chi connectivity index (χ1v) is 4.83. The third kappa shape index (κ3) is 3.20. The van der Waals surface area contributed by atoms with Crippen LogP contribution in [0.5, 0.6) is 0 Å². The van der Waals surface area contributed by atoms with Crippen LogP contribution in [0.15, 0.2) is 40.3 Å². The Balaban J connectivity index is 3.08. The van der Waals surface area contributed by atoms with Crippen molar-refractivity contribution in [1.82, 2.24) is 4.90 Å². The van der Waals surface area contributed by atoms with Gasteiger partial charge in [0.05, 0.1) is 5.69 Å². The van der Waals surface area contributed by atoms with Crippen LogP contribution in [-0.2, 0) is 0 Å². The fourth-order valence-electron chi connectivity index (χ4n) is 1.15. The molecular formula is C11H16N5+. The van der Waals surface area contributed by atoms with Crippen LogP contribution in [0.25, 0.3) is 0 Å². The van der Waals surface area contributed by atoms with Crippen molar-refractivity contribution in [2.45, 2.75) is 0 Å². The summed E-state index contributed by atoms with van der Waals surface area (Å²) in [7, 11) is 3.70. The predicted octanol–water partition coefficient (Wildman–Crippen LogP) is -0.577. The third-order valence-electron chi connectivity index (χ3n) is 1.86. The van der Waals surface area contributed by atoms with Gasteiger partial charge in [-0.15, -0.1) is 0 Å². The molecule has 16 heavy (non-hydrogen) atoms. The number of amidine groups is 2. The average molecular weight is 218 g/mol. The molecule has 0 unspecified atom stereocenters. The van der Waals surface area contributed by atoms with Gasteiger partial charge >= 0.3 is 0 Å². The number of rotatable bonds is 2. The highest BCUT2D eigenvalue weighted by Gasteiger charge is 2.11. The molecule has 0 aliphatic rings. The van der Waals surface area contributed by atoms with E-state index in [0.29, 0.717) is 5.84 Å². The maximum Gasteiger partial charge on any atom is 0.280 e. The summed E-state index contributed by atoms with van der Waals surface area (Å²) in [5.41, 5.74) is 6.56. The van der Waals surface area contributed by atoms with Crippen LogP contribution in [0.4, 0.5) is 5.69 Å². The fourth-order valence-corrected chi connectivity index (χ4v) is 1.15. The second kappa shape index (κ2) is 5.65. The van der Waals surface area contributed by atoms with Crippen molar-refractivity contribution in [3.8, 4) is 0 Å². The first-order chi connectivity index (χ1) is 7.65. The van der Waals surface area contributed by atoms with Crippen LogP contribution in [0, 0.1) is 0 Å². The first-order valence-electron chi connectivity index (χ1n) is 4.83. The Bertz CT molecular complexity index is 406. The molecule has 0 spiro atoms. The monoisotopic (exact) mass is 218 g/mol. The molecule has 0 bridgehead atoms. The van der Waals surface area contributed by atoms with Gasteiger partial charge in [0, 0.05) is 14.1 Å². The van der Waals surface area contributed by atoms with Crippen molar-refractivity contribution in [1.29, 1.82) is 0 Å². The van der Waals surface area contributed by atoms with E-state index >= 15 is 0 Å². The quantitative estimate of drug-likeness (QED) is 0.514. The second-order valence-corrected chi connectivity index (χ2v) is 3.33. The molecule has 1 rings (SSSR count). The molecule has 0 aromatic heterocycles. The smallest absolute Gasteiger partial charge is 0.280 e. The molecule has 0 radical (unpaired) electrons. The predicted molar refractivity (Wildman–Crippen MR) is 66.8 cm³/mol. The maximum atomic E-state index is 5.74. The fraction of sp³-hybridized carbons (Fsp3) is 0.182. The summed E-state index contributed by atoms with van der Waals surface area (Å²) in [5, 5.41) is 5.19. The van der Waals surface area contributed by atoms with E-state index in [-0.39, 0.29) is 5.84 Å². The van der Waals surface area contributed by atoms with Crippen LogP contribution < -0.4 is 11.1 Å². The van der Waals surface area contributed by atoms with E-state index in [4.69, 9.17) is 11.1 Å². The average Bonchev–Trinajstić information content (AvgIpc) is 2.27. The summed E-state index contributed by atoms with van der Waals surface area (Å²) in [6.45, 7) is 0. The largest absolute Gasteiger partial charge is 0.360 e. The van der Waals surface area contributed by atoms with E-state index in [0.717, 1.165) is 12.0 Å². The number of nitrogens with two attached hydrogens (primary N) is 2. The Labute approximate surface area is 94.8 Å². The molecule has 0 heterocycles. The molecule has 0 atom stereocenters. The zero-order valence-corrected chi connectivity index (χ0v) is 9.46. The molecular weight excluding hydrogens is 202 g/mol. The lowest BCUT2D eigenvalue weighted by Crippen LogP contribution is -2.37. The number of hydrogen-bond acceptors (Lipinski definition) is 1. The minimum atomic E-state index is 0.288. The molecule has 0 aliphatic carbocycles. The van der Waals surface area contributed by atoms with E-state index < -0.39 is 0 Å². The SMILES string of the molecule is CN(C)C(=Nc1ccccc1)C(N)=NC=[NH2+]. The van der Waals surface area contributed by atoms with Crippen LogP contribution in [0.2, 0.25) is 0 Å². The molecule has 1 aromatic carbocycles. The van der Waals surface area contributed by atoms with E-state index in [1.165, 1.54) is 0 Å². The number of likely N-dealkylation sites (N-methyl/N-ethyl adjacent to an activating group) is 1. The van der Waals surface area contributed by atoms with Gasteiger partial charge in [0.1, 0.15) is 0 Å². The van der Waals surface area contributed by atoms with Gasteiger partial charge in [-0.25, -0.2) is 4.99 Å². The third-order valence-corrected chi connectivity index (χ3v) is 1.86. The Morgan fingerprint density at radius 3 is 2.44 bits per heavy atom. The standard InChI is InChI=1S/C11H15N5/c1-16(2)11(10(13)14-8-12)15-9-6-4-3-5-7-9/h3-8H,1-2H3,(H3,12,13,14)/p+1. The Morgan fingerprint density at radius 2 is 1.94 bits per heavy atom. The minimum absolute atomic E-state index is 0.288. The second-order valence-electron chi connectivity index (χ2n) is 3.33. The lowest BCUT2D eigenvalue weighted by Gasteiger charge is -2.12. The van der Waals surface area contributed by atoms with E-state index in [2.05, 4.69) is 9.98 Å². The van der Waals surface area contributed by atoms with Gasteiger partial charge in [0.25, 0.3) is 12.2 Å². The van der Waals surface area contributed by atoms with Crippen LogP contribution in [-0.4, -0.2) is 37.0 Å². The molecule has 0 amide bonds. The summed E-state index contributed by atoms with van der Waals surface area (Å²) in [5.74, 6) is 0.865. The number of para-hydroxylation sites is 1. The maximum absolute atomic E-state index is 5.74. The number of nitrogens with zero attached hydrogens (tertiary/aromatic N) is 3. The Morgan fingerprint density at radius 1 is 1.31 bits per heavy atom. The van der Waals surface area contributed by atoms with E-state index in [9.17, 15) is 0 Å². The van der Waals surface area contributed by atoms with Gasteiger partial charge in [-0.05, 0) is 17.1 Å². The lowest BCUT2D eigenvalue weighted by molar-refractivity contribution is -0.106. The summed E-state index contributed by atoms with van der Waals surface area (Å²) in [6.07, 6.45) is 1.15. The Kier molecular flexibility index (Phi) is 4.20. The van der Waals surface area contributed by atoms with E-state index in [1.54, 1.807) is 4.90 Å². The highest BCUT2D eigenvalue weighted by molar-refractivity contribution is 6.41. The zero-order valence-electron chi connectivity index (χ0n) is 9.46. The summed E-state index contributed by atoms with van der Waals surface area (Å²) in [4.78, 5) is 9.99. The molecule has 84 valence electrons. The van der Waals surface area contributed by atoms with Crippen LogP contribution in [0.3, 0.4) is 0 Å². The Hall–Kier alpha value is -2.17. The van der Waals surface area contributed by atoms with Gasteiger partial charge in [-0.3, -0.25) is 5.41 Å². The summed E-state index contributed by atoms with van der Waals surface area (Å²) < 4.78 is 0. The van der Waals surface area contributed by atoms with E-state index in [1.807, 2.05) is 44.4 Å². The molecule has 1 aromatic rings. The highest BCUT2D eigenvalue weighted by Crippen LogP contribution is 2.10. The molecule has 5 heteroatoms. The number of benzene rings is 1. The van der Waals surface area contributed by atoms with Gasteiger partial charge in [-0.1, -0.05) is 18.2 Å². The van der Waals surface area contributed by atoms with Crippen LogP contribution >= 0.6 is 0 Å². The molecule has 0 fully saturated rings.